The van der Waals surface area contributed by atoms with Crippen molar-refractivity contribution in [3.8, 4) is 0 Å². The standard InChI is InChI=1S/C15H17N3O4S/c19-5-8-12(20)13(21)15(22-8)18-4-7-2-1-3-9(23)11-10(7)14(18)17-6-16-11/h4,6,8,12-13,15,19-21H,1-3,5H2/t8-,12-,13+,15-/m1/s1. The van der Waals surface area contributed by atoms with E-state index < -0.39 is 24.5 Å². The molecule has 0 amide bonds. The van der Waals surface area contributed by atoms with Crippen LogP contribution < -0.4 is 0 Å². The number of nitrogens with zero attached hydrogens (tertiary/aromatic N) is 3. The van der Waals surface area contributed by atoms with Gasteiger partial charge in [0.15, 0.2) is 6.23 Å². The predicted octanol–water partition coefficient (Wildman–Crippen LogP) is 0.0971. The summed E-state index contributed by atoms with van der Waals surface area (Å²) in [7, 11) is 0. The van der Waals surface area contributed by atoms with E-state index in [4.69, 9.17) is 17.0 Å². The van der Waals surface area contributed by atoms with Crippen molar-refractivity contribution in [3.05, 3.63) is 23.8 Å². The first-order chi connectivity index (χ1) is 11.1. The first kappa shape index (κ1) is 15.1. The van der Waals surface area contributed by atoms with Crippen LogP contribution in [0.1, 0.15) is 30.3 Å². The molecule has 4 atom stereocenters. The zero-order valence-corrected chi connectivity index (χ0v) is 13.1. The monoisotopic (exact) mass is 335 g/mol. The molecule has 0 spiro atoms. The number of aryl methyl sites for hydroxylation is 1. The molecule has 1 saturated heterocycles. The van der Waals surface area contributed by atoms with Gasteiger partial charge in [-0.1, -0.05) is 12.2 Å². The maximum atomic E-state index is 10.3. The summed E-state index contributed by atoms with van der Waals surface area (Å²) in [5, 5.41) is 30.4. The molecule has 1 fully saturated rings. The van der Waals surface area contributed by atoms with Crippen molar-refractivity contribution in [1.29, 1.82) is 0 Å². The smallest absolute Gasteiger partial charge is 0.164 e. The topological polar surface area (TPSA) is 101 Å². The molecule has 3 N–H and O–H groups in total. The maximum Gasteiger partial charge on any atom is 0.164 e. The maximum absolute atomic E-state index is 10.3. The van der Waals surface area contributed by atoms with Gasteiger partial charge in [-0.05, 0) is 24.8 Å². The lowest BCUT2D eigenvalue weighted by Crippen LogP contribution is -2.33. The summed E-state index contributed by atoms with van der Waals surface area (Å²) in [6.45, 7) is -0.356. The Balaban J connectivity index is 1.87. The van der Waals surface area contributed by atoms with Gasteiger partial charge >= 0.3 is 0 Å². The molecule has 1 aliphatic carbocycles. The molecule has 2 aliphatic rings. The summed E-state index contributed by atoms with van der Waals surface area (Å²) in [6.07, 6.45) is 2.06. The molecule has 4 rings (SSSR count). The second-order valence-electron chi connectivity index (χ2n) is 5.99. The second kappa shape index (κ2) is 5.57. The van der Waals surface area contributed by atoms with E-state index in [9.17, 15) is 15.3 Å². The van der Waals surface area contributed by atoms with Crippen LogP contribution in [0.15, 0.2) is 12.5 Å². The van der Waals surface area contributed by atoms with Gasteiger partial charge < -0.3 is 24.6 Å². The number of rotatable bonds is 2. The van der Waals surface area contributed by atoms with E-state index in [1.165, 1.54) is 6.33 Å². The van der Waals surface area contributed by atoms with Crippen LogP contribution in [-0.4, -0.2) is 59.6 Å². The van der Waals surface area contributed by atoms with Crippen LogP contribution in [0.25, 0.3) is 11.0 Å². The van der Waals surface area contributed by atoms with Crippen LogP contribution in [0.5, 0.6) is 0 Å². The highest BCUT2D eigenvalue weighted by atomic mass is 32.1. The molecular weight excluding hydrogens is 318 g/mol. The van der Waals surface area contributed by atoms with E-state index in [2.05, 4.69) is 9.97 Å². The Bertz CT molecular complexity index is 777. The van der Waals surface area contributed by atoms with Crippen LogP contribution in [0.4, 0.5) is 0 Å². The molecule has 0 saturated carbocycles. The molecule has 7 nitrogen and oxygen atoms in total. The van der Waals surface area contributed by atoms with E-state index in [1.807, 2.05) is 6.20 Å². The van der Waals surface area contributed by atoms with E-state index in [-0.39, 0.29) is 6.61 Å². The van der Waals surface area contributed by atoms with Crippen molar-refractivity contribution < 1.29 is 20.1 Å². The van der Waals surface area contributed by atoms with Crippen molar-refractivity contribution in [2.75, 3.05) is 6.61 Å². The summed E-state index contributed by atoms with van der Waals surface area (Å²) in [6, 6.07) is 0. The van der Waals surface area contributed by atoms with Crippen molar-refractivity contribution in [3.63, 3.8) is 0 Å². The third kappa shape index (κ3) is 2.21. The molecule has 3 heterocycles. The zero-order valence-electron chi connectivity index (χ0n) is 12.3. The minimum Gasteiger partial charge on any atom is -0.394 e. The number of aromatic nitrogens is 3. The Morgan fingerprint density at radius 1 is 1.26 bits per heavy atom. The van der Waals surface area contributed by atoms with Gasteiger partial charge in [0.2, 0.25) is 0 Å². The number of hydrogen-bond donors (Lipinski definition) is 3. The Labute approximate surface area is 137 Å². The third-order valence-electron chi connectivity index (χ3n) is 4.59. The average molecular weight is 335 g/mol. The first-order valence-electron chi connectivity index (χ1n) is 7.62. The fourth-order valence-corrected chi connectivity index (χ4v) is 3.72. The minimum absolute atomic E-state index is 0.356. The van der Waals surface area contributed by atoms with E-state index >= 15 is 0 Å². The van der Waals surface area contributed by atoms with Gasteiger partial charge in [0.1, 0.15) is 30.3 Å². The van der Waals surface area contributed by atoms with Gasteiger partial charge in [0, 0.05) is 16.4 Å². The molecule has 0 unspecified atom stereocenters. The highest BCUT2D eigenvalue weighted by molar-refractivity contribution is 7.80. The van der Waals surface area contributed by atoms with Gasteiger partial charge in [-0.25, -0.2) is 9.97 Å². The van der Waals surface area contributed by atoms with Gasteiger partial charge in [-0.3, -0.25) is 0 Å². The van der Waals surface area contributed by atoms with Crippen LogP contribution in [0.3, 0.4) is 0 Å². The van der Waals surface area contributed by atoms with Gasteiger partial charge in [-0.15, -0.1) is 0 Å². The molecule has 2 aromatic heterocycles. The molecule has 8 heteroatoms. The second-order valence-corrected chi connectivity index (χ2v) is 6.48. The van der Waals surface area contributed by atoms with Crippen molar-refractivity contribution >= 4 is 28.1 Å². The summed E-state index contributed by atoms with van der Waals surface area (Å²) in [5.74, 6) is 0. The number of aliphatic hydroxyl groups excluding tert-OH is 3. The van der Waals surface area contributed by atoms with Gasteiger partial charge in [0.05, 0.1) is 12.3 Å². The SMILES string of the molecule is OC[C@H]1O[C@@H](n2cc3c4c(ncnc42)C(=S)CCC3)[C@@H](O)[C@@H]1O. The van der Waals surface area contributed by atoms with Crippen LogP contribution in [-0.2, 0) is 11.2 Å². The average Bonchev–Trinajstić information content (AvgIpc) is 3.00. The fraction of sp³-hybridized carbons (Fsp3) is 0.533. The third-order valence-corrected chi connectivity index (χ3v) is 4.99. The summed E-state index contributed by atoms with van der Waals surface area (Å²) in [4.78, 5) is 9.47. The summed E-state index contributed by atoms with van der Waals surface area (Å²) >= 11 is 5.45. The quantitative estimate of drug-likeness (QED) is 0.669. The molecule has 0 bridgehead atoms. The molecule has 2 aromatic rings. The lowest BCUT2D eigenvalue weighted by molar-refractivity contribution is -0.0509. The molecule has 0 aromatic carbocycles. The molecule has 0 radical (unpaired) electrons. The fourth-order valence-electron chi connectivity index (χ4n) is 3.42. The highest BCUT2D eigenvalue weighted by Crippen LogP contribution is 2.35. The molecule has 122 valence electrons. The van der Waals surface area contributed by atoms with Crippen LogP contribution >= 0.6 is 12.2 Å². The predicted molar refractivity (Wildman–Crippen MR) is 85.2 cm³/mol. The number of aliphatic hydroxyl groups is 3. The van der Waals surface area contributed by atoms with Crippen molar-refractivity contribution in [2.45, 2.75) is 43.8 Å². The zero-order chi connectivity index (χ0) is 16.1. The number of thiocarbonyl (C=S) groups is 1. The van der Waals surface area contributed by atoms with Crippen LogP contribution in [0.2, 0.25) is 0 Å². The summed E-state index contributed by atoms with van der Waals surface area (Å²) < 4.78 is 7.34. The van der Waals surface area contributed by atoms with Crippen LogP contribution in [0, 0.1) is 0 Å². The normalized spacial score (nSPS) is 30.8. The minimum atomic E-state index is -1.14. The molecule has 1 aliphatic heterocycles. The molecule has 23 heavy (non-hydrogen) atoms. The van der Waals surface area contributed by atoms with Gasteiger partial charge in [0.25, 0.3) is 0 Å². The van der Waals surface area contributed by atoms with E-state index in [0.29, 0.717) is 5.65 Å². The van der Waals surface area contributed by atoms with Crippen molar-refractivity contribution in [2.24, 2.45) is 0 Å². The number of hydrogen-bond acceptors (Lipinski definition) is 7. The molecular formula is C15H17N3O4S. The largest absolute Gasteiger partial charge is 0.394 e. The van der Waals surface area contributed by atoms with E-state index in [0.717, 1.165) is 40.8 Å². The lowest BCUT2D eigenvalue weighted by atomic mass is 10.1. The Morgan fingerprint density at radius 2 is 2.09 bits per heavy atom. The lowest BCUT2D eigenvalue weighted by Gasteiger charge is -2.17. The van der Waals surface area contributed by atoms with E-state index in [1.54, 1.807) is 4.57 Å². The first-order valence-corrected chi connectivity index (χ1v) is 8.02. The Hall–Kier alpha value is -1.45. The summed E-state index contributed by atoms with van der Waals surface area (Å²) in [5.41, 5.74) is 2.46. The van der Waals surface area contributed by atoms with Gasteiger partial charge in [-0.2, -0.15) is 0 Å². The highest BCUT2D eigenvalue weighted by Gasteiger charge is 2.44. The van der Waals surface area contributed by atoms with Crippen molar-refractivity contribution in [1.82, 2.24) is 14.5 Å². The Morgan fingerprint density at radius 3 is 2.83 bits per heavy atom. The Kier molecular flexibility index (Phi) is 3.66. The number of ether oxygens (including phenoxy) is 1.